The van der Waals surface area contributed by atoms with Gasteiger partial charge in [0.2, 0.25) is 0 Å². The first-order chi connectivity index (χ1) is 14.8. The lowest BCUT2D eigenvalue weighted by molar-refractivity contribution is -0.247. The van der Waals surface area contributed by atoms with Crippen LogP contribution in [0.4, 0.5) is 0 Å². The Balaban J connectivity index is 1.94. The first kappa shape index (κ1) is 26.3. The summed E-state index contributed by atoms with van der Waals surface area (Å²) in [5.41, 5.74) is 22.9. The van der Waals surface area contributed by atoms with Gasteiger partial charge in [0.25, 0.3) is 5.91 Å². The Morgan fingerprint density at radius 2 is 1.94 bits per heavy atom. The number of carbonyl (C=O) groups is 1. The molecule has 0 bridgehead atoms. The molecule has 0 spiro atoms. The molecule has 12 nitrogen and oxygen atoms in total. The molecular formula is C19H40N6O6. The normalized spacial score (nSPS) is 36.0. The molecule has 182 valence electrons. The number of hydrogen-bond acceptors (Lipinski definition) is 11. The van der Waals surface area contributed by atoms with E-state index in [4.69, 9.17) is 32.4 Å². The second kappa shape index (κ2) is 12.9. The standard InChI is InChI=1S/C19H40N6O6/c20-4-1-5-24-13-3-2-11(8-21)30-19(13)31-17-12(23)6-10(7-14(17)26)25-18(29)16(28)15(27)9-22/h10-17,19,24,26-28H,1-9,20-23H2,(H,25,29)/t10-,11+,12+,13-,14-,15?,16?,17?,19-/m1/s1. The Morgan fingerprint density at radius 3 is 2.55 bits per heavy atom. The number of nitrogens with one attached hydrogen (secondary N) is 2. The smallest absolute Gasteiger partial charge is 0.251 e. The van der Waals surface area contributed by atoms with E-state index in [0.717, 1.165) is 25.8 Å². The highest BCUT2D eigenvalue weighted by Crippen LogP contribution is 2.27. The van der Waals surface area contributed by atoms with Crippen molar-refractivity contribution in [3.63, 3.8) is 0 Å². The lowest BCUT2D eigenvalue weighted by atomic mass is 9.86. The summed E-state index contributed by atoms with van der Waals surface area (Å²) in [6.45, 7) is 1.43. The van der Waals surface area contributed by atoms with Crippen LogP contribution in [-0.4, -0.2) is 102 Å². The van der Waals surface area contributed by atoms with Gasteiger partial charge in [-0.15, -0.1) is 0 Å². The predicted molar refractivity (Wildman–Crippen MR) is 113 cm³/mol. The fraction of sp³-hybridized carbons (Fsp3) is 0.947. The van der Waals surface area contributed by atoms with E-state index >= 15 is 0 Å². The van der Waals surface area contributed by atoms with Crippen LogP contribution < -0.4 is 33.6 Å². The summed E-state index contributed by atoms with van der Waals surface area (Å²) in [4.78, 5) is 12.1. The molecule has 0 radical (unpaired) electrons. The van der Waals surface area contributed by atoms with Crippen LogP contribution in [0.3, 0.4) is 0 Å². The minimum absolute atomic E-state index is 0.0703. The zero-order valence-corrected chi connectivity index (χ0v) is 17.9. The maximum atomic E-state index is 12.1. The molecule has 2 rings (SSSR count). The quantitative estimate of drug-likeness (QED) is 0.138. The first-order valence-electron chi connectivity index (χ1n) is 11.0. The van der Waals surface area contributed by atoms with E-state index in [9.17, 15) is 20.1 Å². The van der Waals surface area contributed by atoms with Gasteiger partial charge < -0.3 is 58.4 Å². The van der Waals surface area contributed by atoms with Crippen molar-refractivity contribution in [2.75, 3.05) is 26.2 Å². The van der Waals surface area contributed by atoms with Gasteiger partial charge in [-0.2, -0.15) is 0 Å². The van der Waals surface area contributed by atoms with Gasteiger partial charge in [-0.05, 0) is 45.2 Å². The number of carbonyl (C=O) groups excluding carboxylic acids is 1. The Morgan fingerprint density at radius 1 is 1.19 bits per heavy atom. The van der Waals surface area contributed by atoms with Gasteiger partial charge in [0.05, 0.1) is 18.2 Å². The van der Waals surface area contributed by atoms with Crippen LogP contribution >= 0.6 is 0 Å². The molecule has 12 heteroatoms. The average Bonchev–Trinajstić information content (AvgIpc) is 2.75. The molecule has 2 fully saturated rings. The topological polar surface area (TPSA) is 224 Å². The molecule has 1 saturated carbocycles. The average molecular weight is 449 g/mol. The Kier molecular flexibility index (Phi) is 11.0. The summed E-state index contributed by atoms with van der Waals surface area (Å²) in [5.74, 6) is -0.757. The molecule has 1 aliphatic heterocycles. The van der Waals surface area contributed by atoms with E-state index in [-0.39, 0.29) is 25.1 Å². The largest absolute Gasteiger partial charge is 0.390 e. The fourth-order valence-electron chi connectivity index (χ4n) is 4.07. The number of hydrogen-bond donors (Lipinski definition) is 9. The van der Waals surface area contributed by atoms with Crippen molar-refractivity contribution in [1.82, 2.24) is 10.6 Å². The van der Waals surface area contributed by atoms with Gasteiger partial charge >= 0.3 is 0 Å². The number of aliphatic hydroxyl groups excluding tert-OH is 3. The maximum absolute atomic E-state index is 12.1. The van der Waals surface area contributed by atoms with Crippen LogP contribution in [0.25, 0.3) is 0 Å². The third-order valence-corrected chi connectivity index (χ3v) is 5.90. The lowest BCUT2D eigenvalue weighted by Crippen LogP contribution is -2.60. The zero-order valence-electron chi connectivity index (χ0n) is 17.9. The highest BCUT2D eigenvalue weighted by atomic mass is 16.7. The number of ether oxygens (including phenoxy) is 2. The van der Waals surface area contributed by atoms with Gasteiger partial charge in [-0.3, -0.25) is 4.79 Å². The summed E-state index contributed by atoms with van der Waals surface area (Å²) >= 11 is 0. The van der Waals surface area contributed by atoms with E-state index in [1.807, 2.05) is 0 Å². The highest BCUT2D eigenvalue weighted by molar-refractivity contribution is 5.81. The SMILES string of the molecule is NCCCN[C@@H]1CC[C@@H](CN)O[C@@H]1OC1[C@H](O)C[C@H](NC(=O)C(O)C(O)CN)C[C@@H]1N. The summed E-state index contributed by atoms with van der Waals surface area (Å²) in [5, 5.41) is 36.0. The summed E-state index contributed by atoms with van der Waals surface area (Å²) < 4.78 is 12.1. The molecule has 1 heterocycles. The van der Waals surface area contributed by atoms with Crippen molar-refractivity contribution < 1.29 is 29.6 Å². The Bertz CT molecular complexity index is 532. The van der Waals surface area contributed by atoms with E-state index in [1.54, 1.807) is 0 Å². The van der Waals surface area contributed by atoms with Crippen LogP contribution in [0.15, 0.2) is 0 Å². The maximum Gasteiger partial charge on any atom is 0.251 e. The third-order valence-electron chi connectivity index (χ3n) is 5.90. The van der Waals surface area contributed by atoms with Gasteiger partial charge in [0, 0.05) is 25.2 Å². The molecule has 0 aromatic heterocycles. The summed E-state index contributed by atoms with van der Waals surface area (Å²) in [6, 6.07) is -1.12. The molecule has 1 saturated heterocycles. The molecule has 31 heavy (non-hydrogen) atoms. The van der Waals surface area contributed by atoms with Crippen molar-refractivity contribution in [2.24, 2.45) is 22.9 Å². The van der Waals surface area contributed by atoms with Gasteiger partial charge in [0.15, 0.2) is 12.4 Å². The van der Waals surface area contributed by atoms with Crippen LogP contribution in [0.5, 0.6) is 0 Å². The Hall–Kier alpha value is -0.930. The fourth-order valence-corrected chi connectivity index (χ4v) is 4.07. The van der Waals surface area contributed by atoms with Crippen molar-refractivity contribution in [2.45, 2.75) is 87.0 Å². The van der Waals surface area contributed by atoms with Gasteiger partial charge in [-0.1, -0.05) is 0 Å². The van der Waals surface area contributed by atoms with E-state index < -0.39 is 48.7 Å². The van der Waals surface area contributed by atoms with Crippen molar-refractivity contribution in [3.05, 3.63) is 0 Å². The van der Waals surface area contributed by atoms with Crippen molar-refractivity contribution in [3.8, 4) is 0 Å². The van der Waals surface area contributed by atoms with E-state index in [0.29, 0.717) is 19.5 Å². The molecule has 13 N–H and O–H groups in total. The van der Waals surface area contributed by atoms with Crippen LogP contribution in [0.1, 0.15) is 32.1 Å². The third kappa shape index (κ3) is 7.56. The number of nitrogens with two attached hydrogens (primary N) is 4. The summed E-state index contributed by atoms with van der Waals surface area (Å²) in [6.07, 6.45) is -2.42. The molecule has 1 amide bonds. The predicted octanol–water partition coefficient (Wildman–Crippen LogP) is -4.21. The van der Waals surface area contributed by atoms with Crippen molar-refractivity contribution in [1.29, 1.82) is 0 Å². The zero-order chi connectivity index (χ0) is 23.0. The first-order valence-corrected chi connectivity index (χ1v) is 11.0. The van der Waals surface area contributed by atoms with E-state index in [1.165, 1.54) is 0 Å². The van der Waals surface area contributed by atoms with E-state index in [2.05, 4.69) is 10.6 Å². The van der Waals surface area contributed by atoms with Gasteiger partial charge in [-0.25, -0.2) is 0 Å². The minimum Gasteiger partial charge on any atom is -0.390 e. The van der Waals surface area contributed by atoms with Crippen molar-refractivity contribution >= 4 is 5.91 Å². The van der Waals surface area contributed by atoms with Crippen LogP contribution in [0, 0.1) is 0 Å². The number of amides is 1. The van der Waals surface area contributed by atoms with Crippen LogP contribution in [0.2, 0.25) is 0 Å². The minimum atomic E-state index is -1.64. The number of aliphatic hydroxyl groups is 3. The molecule has 2 aliphatic rings. The molecule has 0 aromatic carbocycles. The molecule has 3 unspecified atom stereocenters. The monoisotopic (exact) mass is 448 g/mol. The van der Waals surface area contributed by atoms with Crippen LogP contribution in [-0.2, 0) is 14.3 Å². The second-order valence-corrected chi connectivity index (χ2v) is 8.40. The highest BCUT2D eigenvalue weighted by Gasteiger charge is 2.41. The molecular weight excluding hydrogens is 408 g/mol. The molecule has 0 aromatic rings. The second-order valence-electron chi connectivity index (χ2n) is 8.40. The van der Waals surface area contributed by atoms with Gasteiger partial charge in [0.1, 0.15) is 12.2 Å². The lowest BCUT2D eigenvalue weighted by Gasteiger charge is -2.43. The molecule has 9 atom stereocenters. The summed E-state index contributed by atoms with van der Waals surface area (Å²) in [7, 11) is 0. The Labute approximate surface area is 183 Å². The number of rotatable bonds is 11. The molecule has 1 aliphatic carbocycles.